The van der Waals surface area contributed by atoms with Crippen molar-refractivity contribution in [2.24, 2.45) is 7.05 Å². The maximum Gasteiger partial charge on any atom is 0.356 e. The molecule has 3 rings (SSSR count). The zero-order valence-electron chi connectivity index (χ0n) is 11.8. The van der Waals surface area contributed by atoms with Crippen LogP contribution in [0.5, 0.6) is 0 Å². The lowest BCUT2D eigenvalue weighted by atomic mass is 10.1. The van der Waals surface area contributed by atoms with Gasteiger partial charge in [0.05, 0.1) is 18.9 Å². The molecule has 0 bridgehead atoms. The third kappa shape index (κ3) is 2.62. The van der Waals surface area contributed by atoms with Gasteiger partial charge in [-0.2, -0.15) is 5.10 Å². The first-order valence-corrected chi connectivity index (χ1v) is 6.86. The van der Waals surface area contributed by atoms with Crippen molar-refractivity contribution in [3.8, 4) is 11.3 Å². The van der Waals surface area contributed by atoms with E-state index in [1.807, 2.05) is 24.3 Å². The van der Waals surface area contributed by atoms with E-state index in [2.05, 4.69) is 10.00 Å². The number of morpholine rings is 1. The molecule has 1 aliphatic heterocycles. The topological polar surface area (TPSA) is 67.6 Å². The highest BCUT2D eigenvalue weighted by molar-refractivity contribution is 5.88. The highest BCUT2D eigenvalue weighted by Gasteiger charge is 2.19. The predicted molar refractivity (Wildman–Crippen MR) is 78.6 cm³/mol. The molecule has 6 nitrogen and oxygen atoms in total. The van der Waals surface area contributed by atoms with E-state index in [9.17, 15) is 4.79 Å². The van der Waals surface area contributed by atoms with Crippen LogP contribution in [0.4, 0.5) is 5.69 Å². The summed E-state index contributed by atoms with van der Waals surface area (Å²) in [5.41, 5.74) is 2.93. The Bertz CT molecular complexity index is 660. The largest absolute Gasteiger partial charge is 0.476 e. The molecule has 1 aliphatic rings. The predicted octanol–water partition coefficient (Wildman–Crippen LogP) is 1.62. The molecule has 1 aromatic heterocycles. The van der Waals surface area contributed by atoms with Crippen LogP contribution in [0.3, 0.4) is 0 Å². The van der Waals surface area contributed by atoms with Gasteiger partial charge < -0.3 is 14.7 Å². The van der Waals surface area contributed by atoms with E-state index in [0.717, 1.165) is 30.0 Å². The minimum absolute atomic E-state index is 0.0595. The number of para-hydroxylation sites is 1. The molecule has 1 N–H and O–H groups in total. The van der Waals surface area contributed by atoms with Crippen molar-refractivity contribution in [1.82, 2.24) is 9.78 Å². The van der Waals surface area contributed by atoms with E-state index in [1.165, 1.54) is 0 Å². The average Bonchev–Trinajstić information content (AvgIpc) is 2.90. The molecular weight excluding hydrogens is 270 g/mol. The van der Waals surface area contributed by atoms with Crippen LogP contribution in [0.25, 0.3) is 11.3 Å². The number of nitrogens with zero attached hydrogens (tertiary/aromatic N) is 3. The fraction of sp³-hybridized carbons (Fsp3) is 0.333. The molecule has 0 aliphatic carbocycles. The van der Waals surface area contributed by atoms with E-state index in [0.29, 0.717) is 13.2 Å². The molecule has 0 spiro atoms. The second-order valence-corrected chi connectivity index (χ2v) is 4.96. The van der Waals surface area contributed by atoms with Gasteiger partial charge in [-0.05, 0) is 12.1 Å². The van der Waals surface area contributed by atoms with Gasteiger partial charge in [0.1, 0.15) is 0 Å². The van der Waals surface area contributed by atoms with Crippen molar-refractivity contribution in [2.45, 2.75) is 0 Å². The molecule has 110 valence electrons. The molecule has 0 atom stereocenters. The molecular formula is C15H17N3O3. The number of carbonyl (C=O) groups is 1. The quantitative estimate of drug-likeness (QED) is 0.929. The first-order valence-electron chi connectivity index (χ1n) is 6.86. The van der Waals surface area contributed by atoms with Gasteiger partial charge in [-0.25, -0.2) is 4.79 Å². The van der Waals surface area contributed by atoms with Gasteiger partial charge in [0.15, 0.2) is 5.69 Å². The fourth-order valence-electron chi connectivity index (χ4n) is 2.59. The zero-order chi connectivity index (χ0) is 14.8. The first kappa shape index (κ1) is 13.6. The SMILES string of the molecule is Cn1nc(C(=O)O)cc1-c1ccccc1N1CCOCC1. The van der Waals surface area contributed by atoms with E-state index in [4.69, 9.17) is 9.84 Å². The van der Waals surface area contributed by atoms with Crippen LogP contribution in [0, 0.1) is 0 Å². The number of benzene rings is 1. The number of anilines is 1. The van der Waals surface area contributed by atoms with E-state index < -0.39 is 5.97 Å². The standard InChI is InChI=1S/C15H17N3O3/c1-17-14(10-12(16-17)15(19)20)11-4-2-3-5-13(11)18-6-8-21-9-7-18/h2-5,10H,6-9H2,1H3,(H,19,20). The normalized spacial score (nSPS) is 15.2. The summed E-state index contributed by atoms with van der Waals surface area (Å²) in [4.78, 5) is 13.3. The van der Waals surface area contributed by atoms with Gasteiger partial charge in [0, 0.05) is 31.4 Å². The van der Waals surface area contributed by atoms with E-state index >= 15 is 0 Å². The number of rotatable bonds is 3. The zero-order valence-corrected chi connectivity index (χ0v) is 11.8. The van der Waals surface area contributed by atoms with Crippen LogP contribution in [0.15, 0.2) is 30.3 Å². The van der Waals surface area contributed by atoms with Crippen LogP contribution in [-0.2, 0) is 11.8 Å². The van der Waals surface area contributed by atoms with Crippen LogP contribution < -0.4 is 4.90 Å². The molecule has 1 saturated heterocycles. The molecule has 0 saturated carbocycles. The monoisotopic (exact) mass is 287 g/mol. The fourth-order valence-corrected chi connectivity index (χ4v) is 2.59. The lowest BCUT2D eigenvalue weighted by Crippen LogP contribution is -2.36. The third-order valence-corrected chi connectivity index (χ3v) is 3.63. The van der Waals surface area contributed by atoms with Crippen LogP contribution in [0.1, 0.15) is 10.5 Å². The Morgan fingerprint density at radius 2 is 2.00 bits per heavy atom. The van der Waals surface area contributed by atoms with Crippen molar-refractivity contribution < 1.29 is 14.6 Å². The summed E-state index contributed by atoms with van der Waals surface area (Å²) in [5.74, 6) is -1.01. The highest BCUT2D eigenvalue weighted by atomic mass is 16.5. The van der Waals surface area contributed by atoms with E-state index in [-0.39, 0.29) is 5.69 Å². The molecule has 1 aromatic carbocycles. The van der Waals surface area contributed by atoms with Gasteiger partial charge in [-0.1, -0.05) is 18.2 Å². The molecule has 6 heteroatoms. The lowest BCUT2D eigenvalue weighted by Gasteiger charge is -2.30. The average molecular weight is 287 g/mol. The molecule has 2 heterocycles. The maximum absolute atomic E-state index is 11.1. The third-order valence-electron chi connectivity index (χ3n) is 3.63. The minimum atomic E-state index is -1.01. The number of aromatic carboxylic acids is 1. The summed E-state index contributed by atoms with van der Waals surface area (Å²) in [6, 6.07) is 9.60. The van der Waals surface area contributed by atoms with Crippen molar-refractivity contribution >= 4 is 11.7 Å². The van der Waals surface area contributed by atoms with Crippen LogP contribution in [0.2, 0.25) is 0 Å². The number of hydrogen-bond acceptors (Lipinski definition) is 4. The summed E-state index contributed by atoms with van der Waals surface area (Å²) in [7, 11) is 1.76. The number of aryl methyl sites for hydroxylation is 1. The van der Waals surface area contributed by atoms with Crippen molar-refractivity contribution in [3.05, 3.63) is 36.0 Å². The lowest BCUT2D eigenvalue weighted by molar-refractivity contribution is 0.0689. The Balaban J connectivity index is 2.04. The summed E-state index contributed by atoms with van der Waals surface area (Å²) in [6.07, 6.45) is 0. The highest BCUT2D eigenvalue weighted by Crippen LogP contribution is 2.31. The summed E-state index contributed by atoms with van der Waals surface area (Å²) in [6.45, 7) is 3.08. The Hall–Kier alpha value is -2.34. The number of carboxylic acid groups (broad SMARTS) is 1. The van der Waals surface area contributed by atoms with Gasteiger partial charge in [0.25, 0.3) is 0 Å². The molecule has 0 unspecified atom stereocenters. The van der Waals surface area contributed by atoms with Crippen molar-refractivity contribution in [2.75, 3.05) is 31.2 Å². The molecule has 0 amide bonds. The summed E-state index contributed by atoms with van der Waals surface area (Å²) in [5, 5.41) is 13.1. The number of carboxylic acids is 1. The van der Waals surface area contributed by atoms with Crippen LogP contribution in [-0.4, -0.2) is 47.2 Å². The first-order chi connectivity index (χ1) is 10.2. The Morgan fingerprint density at radius 3 is 2.67 bits per heavy atom. The van der Waals surface area contributed by atoms with Crippen molar-refractivity contribution in [1.29, 1.82) is 0 Å². The second kappa shape index (κ2) is 5.57. The minimum Gasteiger partial charge on any atom is -0.476 e. The Morgan fingerprint density at radius 1 is 1.29 bits per heavy atom. The molecule has 1 fully saturated rings. The summed E-state index contributed by atoms with van der Waals surface area (Å²) >= 11 is 0. The Labute approximate surface area is 122 Å². The molecule has 2 aromatic rings. The van der Waals surface area contributed by atoms with Gasteiger partial charge >= 0.3 is 5.97 Å². The van der Waals surface area contributed by atoms with Gasteiger partial charge in [-0.3, -0.25) is 4.68 Å². The van der Waals surface area contributed by atoms with E-state index in [1.54, 1.807) is 17.8 Å². The maximum atomic E-state index is 11.1. The van der Waals surface area contributed by atoms with Gasteiger partial charge in [0.2, 0.25) is 0 Å². The number of hydrogen-bond donors (Lipinski definition) is 1. The van der Waals surface area contributed by atoms with Crippen molar-refractivity contribution in [3.63, 3.8) is 0 Å². The molecule has 0 radical (unpaired) electrons. The van der Waals surface area contributed by atoms with Gasteiger partial charge in [-0.15, -0.1) is 0 Å². The van der Waals surface area contributed by atoms with Crippen LogP contribution >= 0.6 is 0 Å². The summed E-state index contributed by atoms with van der Waals surface area (Å²) < 4.78 is 7.00. The molecule has 21 heavy (non-hydrogen) atoms. The number of aromatic nitrogens is 2. The second-order valence-electron chi connectivity index (χ2n) is 4.96. The Kier molecular flexibility index (Phi) is 3.62. The number of ether oxygens (including phenoxy) is 1. The smallest absolute Gasteiger partial charge is 0.356 e.